The van der Waals surface area contributed by atoms with Crippen molar-refractivity contribution in [2.75, 3.05) is 5.75 Å². The number of nitrogens with one attached hydrogen (secondary N) is 2. The van der Waals surface area contributed by atoms with Crippen LogP contribution in [0.15, 0.2) is 64.2 Å². The minimum Gasteiger partial charge on any atom is -0.477 e. The van der Waals surface area contributed by atoms with Gasteiger partial charge in [0.25, 0.3) is 5.91 Å². The van der Waals surface area contributed by atoms with Gasteiger partial charge < -0.3 is 10.4 Å². The minimum atomic E-state index is -1.22. The van der Waals surface area contributed by atoms with Crippen molar-refractivity contribution in [3.8, 4) is 0 Å². The number of carbonyl (C=O) groups is 3. The van der Waals surface area contributed by atoms with Gasteiger partial charge in [-0.05, 0) is 11.4 Å². The second-order valence-corrected chi connectivity index (χ2v) is 9.50. The largest absolute Gasteiger partial charge is 0.477 e. The Kier molecular flexibility index (Phi) is 6.68. The van der Waals surface area contributed by atoms with E-state index in [4.69, 9.17) is 12.2 Å². The molecule has 3 heterocycles. The fourth-order valence-electron chi connectivity index (χ4n) is 3.36. The number of β-lactam (4-membered cyclic amide) rings is 1. The molecule has 1 saturated heterocycles. The number of hydrazone groups is 1. The van der Waals surface area contributed by atoms with Crippen LogP contribution >= 0.6 is 35.3 Å². The number of benzene rings is 1. The second kappa shape index (κ2) is 9.63. The van der Waals surface area contributed by atoms with Crippen LogP contribution in [0.25, 0.3) is 0 Å². The standard InChI is InChI=1S/C21H18N4O4S3/c26-15(9-14-7-4-8-31-14)23-16-19(27)25-17(21(28)29)13(11-32-20(16)25)10-22-24-18(30)12-5-2-1-3-6-12/h1-8,10,16,20H,9,11H2,(H,23,26)(H,24,30)(H,28,29)/t16?,20-/m0/s1. The van der Waals surface area contributed by atoms with E-state index in [0.717, 1.165) is 10.4 Å². The monoisotopic (exact) mass is 486 g/mol. The van der Waals surface area contributed by atoms with Gasteiger partial charge in [0.2, 0.25) is 5.91 Å². The lowest BCUT2D eigenvalue weighted by atomic mass is 10.0. The summed E-state index contributed by atoms with van der Waals surface area (Å²) in [5.41, 5.74) is 3.77. The highest BCUT2D eigenvalue weighted by molar-refractivity contribution is 8.00. The Morgan fingerprint density at radius 3 is 2.72 bits per heavy atom. The molecule has 0 aliphatic carbocycles. The van der Waals surface area contributed by atoms with Crippen LogP contribution in [-0.2, 0) is 20.8 Å². The highest BCUT2D eigenvalue weighted by Crippen LogP contribution is 2.39. The summed E-state index contributed by atoms with van der Waals surface area (Å²) in [5.74, 6) is -1.61. The van der Waals surface area contributed by atoms with E-state index in [2.05, 4.69) is 15.8 Å². The number of carbonyl (C=O) groups excluding carboxylic acids is 2. The molecule has 3 N–H and O–H groups in total. The molecule has 0 saturated carbocycles. The number of rotatable bonds is 7. The van der Waals surface area contributed by atoms with E-state index in [1.54, 1.807) is 0 Å². The number of thiocarbonyl (C=S) groups is 1. The number of thiophene rings is 1. The van der Waals surface area contributed by atoms with Crippen molar-refractivity contribution in [3.63, 3.8) is 0 Å². The van der Waals surface area contributed by atoms with Crippen LogP contribution < -0.4 is 10.7 Å². The average molecular weight is 487 g/mol. The van der Waals surface area contributed by atoms with E-state index in [0.29, 0.717) is 16.3 Å². The maximum atomic E-state index is 12.7. The first-order valence-corrected chi connectivity index (χ1v) is 11.9. The van der Waals surface area contributed by atoms with Crippen molar-refractivity contribution >= 4 is 64.3 Å². The predicted octanol–water partition coefficient (Wildman–Crippen LogP) is 1.98. The molecule has 1 fully saturated rings. The van der Waals surface area contributed by atoms with Crippen LogP contribution in [0, 0.1) is 0 Å². The molecule has 1 aromatic heterocycles. The van der Waals surface area contributed by atoms with Crippen molar-refractivity contribution in [2.24, 2.45) is 5.10 Å². The Balaban J connectivity index is 1.43. The zero-order valence-electron chi connectivity index (χ0n) is 16.6. The van der Waals surface area contributed by atoms with Crippen molar-refractivity contribution in [2.45, 2.75) is 17.8 Å². The minimum absolute atomic E-state index is 0.126. The summed E-state index contributed by atoms with van der Waals surface area (Å²) >= 11 is 8.11. The van der Waals surface area contributed by atoms with Crippen LogP contribution in [0.1, 0.15) is 10.4 Å². The van der Waals surface area contributed by atoms with Crippen LogP contribution in [-0.4, -0.2) is 56.2 Å². The fraction of sp³-hybridized carbons (Fsp3) is 0.190. The highest BCUT2D eigenvalue weighted by atomic mass is 32.2. The van der Waals surface area contributed by atoms with E-state index < -0.39 is 23.3 Å². The van der Waals surface area contributed by atoms with Crippen molar-refractivity contribution in [3.05, 3.63) is 69.6 Å². The second-order valence-electron chi connectivity index (χ2n) is 6.96. The number of nitrogens with zero attached hydrogens (tertiary/aromatic N) is 2. The zero-order chi connectivity index (χ0) is 22.7. The third-order valence-corrected chi connectivity index (χ3v) is 7.36. The number of carboxylic acids is 1. The van der Waals surface area contributed by atoms with Crippen molar-refractivity contribution < 1.29 is 19.5 Å². The summed E-state index contributed by atoms with van der Waals surface area (Å²) in [6.07, 6.45) is 1.56. The summed E-state index contributed by atoms with van der Waals surface area (Å²) in [7, 11) is 0. The highest BCUT2D eigenvalue weighted by Gasteiger charge is 2.54. The predicted molar refractivity (Wildman–Crippen MR) is 127 cm³/mol. The van der Waals surface area contributed by atoms with E-state index in [9.17, 15) is 19.5 Å². The Morgan fingerprint density at radius 2 is 2.03 bits per heavy atom. The number of hydrogen-bond donors (Lipinski definition) is 3. The molecule has 0 spiro atoms. The average Bonchev–Trinajstić information content (AvgIpc) is 3.30. The SMILES string of the molecule is O=C(Cc1cccs1)NC1C(=O)N2C(C(=O)O)=C(C=NNC(=S)c3ccccc3)CS[C@@H]12. The summed E-state index contributed by atoms with van der Waals surface area (Å²) in [4.78, 5) is 39.4. The zero-order valence-corrected chi connectivity index (χ0v) is 19.0. The molecular weight excluding hydrogens is 468 g/mol. The quantitative estimate of drug-likeness (QED) is 0.238. The lowest BCUT2D eigenvalue weighted by Crippen LogP contribution is -2.70. The van der Waals surface area contributed by atoms with Gasteiger partial charge in [0.05, 0.1) is 12.6 Å². The smallest absolute Gasteiger partial charge is 0.353 e. The Labute approximate surface area is 197 Å². The molecule has 2 aliphatic heterocycles. The molecule has 2 aromatic rings. The number of amides is 2. The number of carboxylic acid groups (broad SMARTS) is 1. The Hall–Kier alpha value is -3.02. The summed E-state index contributed by atoms with van der Waals surface area (Å²) in [6.45, 7) is 0. The van der Waals surface area contributed by atoms with Gasteiger partial charge in [-0.3, -0.25) is 19.9 Å². The molecule has 2 amide bonds. The van der Waals surface area contributed by atoms with E-state index in [1.165, 1.54) is 34.2 Å². The summed E-state index contributed by atoms with van der Waals surface area (Å²) < 4.78 is 0. The lowest BCUT2D eigenvalue weighted by Gasteiger charge is -2.49. The van der Waals surface area contributed by atoms with Gasteiger partial charge in [0, 0.05) is 21.8 Å². The van der Waals surface area contributed by atoms with Gasteiger partial charge in [-0.1, -0.05) is 48.6 Å². The van der Waals surface area contributed by atoms with Gasteiger partial charge in [-0.25, -0.2) is 4.79 Å². The first-order chi connectivity index (χ1) is 15.5. The first-order valence-electron chi connectivity index (χ1n) is 9.57. The maximum absolute atomic E-state index is 12.7. The van der Waals surface area contributed by atoms with Crippen LogP contribution in [0.3, 0.4) is 0 Å². The fourth-order valence-corrected chi connectivity index (χ4v) is 5.55. The first kappa shape index (κ1) is 22.2. The lowest BCUT2D eigenvalue weighted by molar-refractivity contribution is -0.150. The van der Waals surface area contributed by atoms with Crippen LogP contribution in [0.4, 0.5) is 0 Å². The van der Waals surface area contributed by atoms with Gasteiger partial charge in [-0.2, -0.15) is 5.10 Å². The van der Waals surface area contributed by atoms with Crippen molar-refractivity contribution in [1.82, 2.24) is 15.6 Å². The Bertz CT molecular complexity index is 1120. The topological polar surface area (TPSA) is 111 Å². The van der Waals surface area contributed by atoms with Gasteiger partial charge in [0.15, 0.2) is 0 Å². The molecule has 0 radical (unpaired) electrons. The van der Waals surface area contributed by atoms with Gasteiger partial charge in [0.1, 0.15) is 22.1 Å². The Morgan fingerprint density at radius 1 is 1.25 bits per heavy atom. The molecule has 0 bridgehead atoms. The molecule has 32 heavy (non-hydrogen) atoms. The number of thioether (sulfide) groups is 1. The number of fused-ring (bicyclic) bond motifs is 1. The molecule has 1 aromatic carbocycles. The number of aliphatic carboxylic acids is 1. The maximum Gasteiger partial charge on any atom is 0.353 e. The van der Waals surface area contributed by atoms with Crippen molar-refractivity contribution in [1.29, 1.82) is 0 Å². The number of hydrogen-bond acceptors (Lipinski definition) is 7. The summed E-state index contributed by atoms with van der Waals surface area (Å²) in [6, 6.07) is 12.2. The molecular formula is C21H18N4O4S3. The summed E-state index contributed by atoms with van der Waals surface area (Å²) in [5, 5.41) is 17.9. The van der Waals surface area contributed by atoms with Gasteiger partial charge >= 0.3 is 5.97 Å². The normalized spacial score (nSPS) is 20.0. The van der Waals surface area contributed by atoms with Crippen LogP contribution in [0.2, 0.25) is 0 Å². The van der Waals surface area contributed by atoms with E-state index >= 15 is 0 Å². The molecule has 1 unspecified atom stereocenters. The van der Waals surface area contributed by atoms with E-state index in [1.807, 2.05) is 47.8 Å². The third-order valence-electron chi connectivity index (χ3n) is 4.85. The molecule has 8 nitrogen and oxygen atoms in total. The molecule has 164 valence electrons. The van der Waals surface area contributed by atoms with Gasteiger partial charge in [-0.15, -0.1) is 23.1 Å². The molecule has 2 atom stereocenters. The molecule has 4 rings (SSSR count). The molecule has 11 heteroatoms. The van der Waals surface area contributed by atoms with Crippen LogP contribution in [0.5, 0.6) is 0 Å². The van der Waals surface area contributed by atoms with E-state index in [-0.39, 0.29) is 18.0 Å². The third kappa shape index (κ3) is 4.59. The molecule has 2 aliphatic rings.